The molecular formula is C9H9FO. The van der Waals surface area contributed by atoms with Gasteiger partial charge in [0.15, 0.2) is 0 Å². The quantitative estimate of drug-likeness (QED) is 0.603. The number of benzene rings is 1. The molecule has 1 nitrogen and oxygen atoms in total. The number of hydrogen-bond donors (Lipinski definition) is 1. The van der Waals surface area contributed by atoms with E-state index in [0.717, 1.165) is 24.8 Å². The minimum absolute atomic E-state index is 0.171. The first-order valence-corrected chi connectivity index (χ1v) is 3.78. The van der Waals surface area contributed by atoms with Crippen LogP contribution in [0.5, 0.6) is 5.75 Å². The van der Waals surface area contributed by atoms with Crippen LogP contribution in [0.15, 0.2) is 12.1 Å². The number of halogens is 1. The van der Waals surface area contributed by atoms with Crippen molar-refractivity contribution in [3.8, 4) is 5.75 Å². The third-order valence-corrected chi connectivity index (χ3v) is 2.20. The van der Waals surface area contributed by atoms with E-state index in [1.54, 1.807) is 0 Å². The molecule has 2 heteroatoms. The molecule has 11 heavy (non-hydrogen) atoms. The van der Waals surface area contributed by atoms with E-state index in [9.17, 15) is 9.50 Å². The summed E-state index contributed by atoms with van der Waals surface area (Å²) < 4.78 is 13.0. The van der Waals surface area contributed by atoms with Gasteiger partial charge in [-0.15, -0.1) is 0 Å². The Balaban J connectivity index is 2.64. The molecule has 0 aliphatic heterocycles. The second-order valence-corrected chi connectivity index (χ2v) is 2.88. The summed E-state index contributed by atoms with van der Waals surface area (Å²) in [6.45, 7) is 0. The summed E-state index contributed by atoms with van der Waals surface area (Å²) in [6, 6.07) is 2.76. The summed E-state index contributed by atoms with van der Waals surface area (Å²) in [6.07, 6.45) is 2.55. The zero-order chi connectivity index (χ0) is 7.84. The number of fused-ring (bicyclic) bond motifs is 1. The van der Waals surface area contributed by atoms with Gasteiger partial charge in [0.1, 0.15) is 11.6 Å². The Labute approximate surface area is 64.5 Å². The highest BCUT2D eigenvalue weighted by Crippen LogP contribution is 2.31. The maximum Gasteiger partial charge on any atom is 0.126 e. The van der Waals surface area contributed by atoms with Crippen molar-refractivity contribution in [2.24, 2.45) is 0 Å². The van der Waals surface area contributed by atoms with Crippen molar-refractivity contribution < 1.29 is 9.50 Å². The number of hydrogen-bond acceptors (Lipinski definition) is 1. The van der Waals surface area contributed by atoms with Crippen LogP contribution in [0.25, 0.3) is 0 Å². The van der Waals surface area contributed by atoms with Crippen LogP contribution in [0, 0.1) is 5.82 Å². The Bertz CT molecular complexity index is 265. The molecule has 1 N–H and O–H groups in total. The molecule has 0 saturated carbocycles. The minimum Gasteiger partial charge on any atom is -0.508 e. The highest BCUT2D eigenvalue weighted by atomic mass is 19.1. The molecule has 1 aliphatic carbocycles. The van der Waals surface area contributed by atoms with E-state index in [1.807, 2.05) is 0 Å². The van der Waals surface area contributed by atoms with Crippen LogP contribution in [0.2, 0.25) is 0 Å². The van der Waals surface area contributed by atoms with E-state index in [2.05, 4.69) is 0 Å². The monoisotopic (exact) mass is 152 g/mol. The summed E-state index contributed by atoms with van der Waals surface area (Å²) in [7, 11) is 0. The fraction of sp³-hybridized carbons (Fsp3) is 0.333. The Kier molecular flexibility index (Phi) is 1.34. The van der Waals surface area contributed by atoms with E-state index in [0.29, 0.717) is 5.56 Å². The van der Waals surface area contributed by atoms with Gasteiger partial charge in [0.25, 0.3) is 0 Å². The summed E-state index contributed by atoms with van der Waals surface area (Å²) in [5, 5.41) is 9.29. The lowest BCUT2D eigenvalue weighted by atomic mass is 10.1. The van der Waals surface area contributed by atoms with Crippen molar-refractivity contribution in [1.82, 2.24) is 0 Å². The lowest BCUT2D eigenvalue weighted by Crippen LogP contribution is -1.87. The molecule has 0 heterocycles. The SMILES string of the molecule is Oc1ccc(F)c2c1CCC2. The fourth-order valence-corrected chi connectivity index (χ4v) is 1.64. The first kappa shape index (κ1) is 6.65. The van der Waals surface area contributed by atoms with Gasteiger partial charge in [0, 0.05) is 0 Å². The molecule has 1 aromatic rings. The first-order valence-electron chi connectivity index (χ1n) is 3.78. The predicted molar refractivity (Wildman–Crippen MR) is 40.1 cm³/mol. The predicted octanol–water partition coefficient (Wildman–Crippen LogP) is 2.02. The second kappa shape index (κ2) is 2.22. The van der Waals surface area contributed by atoms with Gasteiger partial charge >= 0.3 is 0 Å². The molecule has 0 atom stereocenters. The normalized spacial score (nSPS) is 15.0. The van der Waals surface area contributed by atoms with Crippen molar-refractivity contribution in [1.29, 1.82) is 0 Å². The van der Waals surface area contributed by atoms with Crippen LogP contribution >= 0.6 is 0 Å². The molecule has 1 aromatic carbocycles. The average molecular weight is 152 g/mol. The molecule has 0 saturated heterocycles. The average Bonchev–Trinajstić information content (AvgIpc) is 2.45. The minimum atomic E-state index is -0.171. The highest BCUT2D eigenvalue weighted by Gasteiger charge is 2.17. The molecule has 0 amide bonds. The number of phenols is 1. The van der Waals surface area contributed by atoms with Gasteiger partial charge in [0.2, 0.25) is 0 Å². The maximum atomic E-state index is 13.0. The van der Waals surface area contributed by atoms with Gasteiger partial charge in [-0.1, -0.05) is 0 Å². The van der Waals surface area contributed by atoms with Crippen LogP contribution < -0.4 is 0 Å². The molecule has 1 aliphatic rings. The smallest absolute Gasteiger partial charge is 0.126 e. The number of rotatable bonds is 0. The zero-order valence-corrected chi connectivity index (χ0v) is 6.10. The third-order valence-electron chi connectivity index (χ3n) is 2.20. The lowest BCUT2D eigenvalue weighted by Gasteiger charge is -2.01. The largest absolute Gasteiger partial charge is 0.508 e. The van der Waals surface area contributed by atoms with Crippen molar-refractivity contribution in [3.63, 3.8) is 0 Å². The maximum absolute atomic E-state index is 13.0. The molecule has 0 bridgehead atoms. The van der Waals surface area contributed by atoms with Gasteiger partial charge in [-0.2, -0.15) is 0 Å². The Morgan fingerprint density at radius 3 is 2.64 bits per heavy atom. The van der Waals surface area contributed by atoms with Gasteiger partial charge in [0.05, 0.1) is 0 Å². The van der Waals surface area contributed by atoms with Crippen LogP contribution in [-0.2, 0) is 12.8 Å². The molecule has 0 unspecified atom stereocenters. The summed E-state index contributed by atoms with van der Waals surface area (Å²) in [5.74, 6) is 0.0780. The van der Waals surface area contributed by atoms with Gasteiger partial charge in [-0.3, -0.25) is 0 Å². The van der Waals surface area contributed by atoms with E-state index in [4.69, 9.17) is 0 Å². The van der Waals surface area contributed by atoms with E-state index < -0.39 is 0 Å². The zero-order valence-electron chi connectivity index (χ0n) is 6.10. The summed E-state index contributed by atoms with van der Waals surface area (Å²) in [4.78, 5) is 0. The van der Waals surface area contributed by atoms with E-state index in [1.165, 1.54) is 12.1 Å². The second-order valence-electron chi connectivity index (χ2n) is 2.88. The van der Waals surface area contributed by atoms with Crippen molar-refractivity contribution >= 4 is 0 Å². The standard InChI is InChI=1S/C9H9FO/c10-8-4-5-9(11)7-3-1-2-6(7)8/h4-5,11H,1-3H2. The van der Waals surface area contributed by atoms with Crippen molar-refractivity contribution in [3.05, 3.63) is 29.1 Å². The van der Waals surface area contributed by atoms with Gasteiger partial charge in [-0.25, -0.2) is 4.39 Å². The topological polar surface area (TPSA) is 20.2 Å². The summed E-state index contributed by atoms with van der Waals surface area (Å²) >= 11 is 0. The van der Waals surface area contributed by atoms with Gasteiger partial charge < -0.3 is 5.11 Å². The van der Waals surface area contributed by atoms with Gasteiger partial charge in [-0.05, 0) is 42.5 Å². The number of phenolic OH excluding ortho intramolecular Hbond substituents is 1. The fourth-order valence-electron chi connectivity index (χ4n) is 1.64. The van der Waals surface area contributed by atoms with Crippen LogP contribution in [0.3, 0.4) is 0 Å². The molecule has 0 fully saturated rings. The molecule has 0 aromatic heterocycles. The van der Waals surface area contributed by atoms with Crippen LogP contribution in [0.4, 0.5) is 4.39 Å². The highest BCUT2D eigenvalue weighted by molar-refractivity contribution is 5.42. The Hall–Kier alpha value is -1.05. The van der Waals surface area contributed by atoms with Crippen LogP contribution in [0.1, 0.15) is 17.5 Å². The molecular weight excluding hydrogens is 143 g/mol. The Morgan fingerprint density at radius 2 is 1.91 bits per heavy atom. The van der Waals surface area contributed by atoms with E-state index >= 15 is 0 Å². The molecule has 0 spiro atoms. The third kappa shape index (κ3) is 0.897. The lowest BCUT2D eigenvalue weighted by molar-refractivity contribution is 0.466. The van der Waals surface area contributed by atoms with Crippen molar-refractivity contribution in [2.75, 3.05) is 0 Å². The molecule has 2 rings (SSSR count). The van der Waals surface area contributed by atoms with E-state index in [-0.39, 0.29) is 11.6 Å². The number of aromatic hydroxyl groups is 1. The first-order chi connectivity index (χ1) is 5.29. The van der Waals surface area contributed by atoms with Crippen LogP contribution in [-0.4, -0.2) is 5.11 Å². The summed E-state index contributed by atoms with van der Waals surface area (Å²) in [5.41, 5.74) is 1.52. The van der Waals surface area contributed by atoms with Crippen molar-refractivity contribution in [2.45, 2.75) is 19.3 Å². The molecule has 58 valence electrons. The molecule has 0 radical (unpaired) electrons. The Morgan fingerprint density at radius 1 is 1.18 bits per heavy atom.